The lowest BCUT2D eigenvalue weighted by Crippen LogP contribution is -2.17. The van der Waals surface area contributed by atoms with Crippen molar-refractivity contribution in [1.29, 1.82) is 0 Å². The molecule has 0 saturated heterocycles. The van der Waals surface area contributed by atoms with Crippen molar-refractivity contribution in [2.24, 2.45) is 0 Å². The maximum Gasteiger partial charge on any atom is 0.361 e. The summed E-state index contributed by atoms with van der Waals surface area (Å²) >= 11 is 0. The topological polar surface area (TPSA) is 38.8 Å². The largest absolute Gasteiger partial charge is 0.378 e. The van der Waals surface area contributed by atoms with E-state index in [9.17, 15) is 4.57 Å². The molecular weight excluding hydrogens is 261 g/mol. The van der Waals surface area contributed by atoms with Crippen molar-refractivity contribution in [3.8, 4) is 0 Å². The summed E-state index contributed by atoms with van der Waals surface area (Å²) in [6, 6.07) is 7.44. The van der Waals surface area contributed by atoms with Gasteiger partial charge in [-0.3, -0.25) is 4.57 Å². The lowest BCUT2D eigenvalue weighted by Gasteiger charge is -2.23. The van der Waals surface area contributed by atoms with Crippen LogP contribution >= 0.6 is 7.60 Å². The molecule has 5 heteroatoms. The molecule has 0 amide bonds. The zero-order chi connectivity index (χ0) is 14.6. The summed E-state index contributed by atoms with van der Waals surface area (Å²) in [6.07, 6.45) is -0.309. The summed E-state index contributed by atoms with van der Waals surface area (Å²) in [5.41, 5.74) is 1.05. The van der Waals surface area contributed by atoms with Gasteiger partial charge in [-0.25, -0.2) is 0 Å². The molecule has 0 spiro atoms. The van der Waals surface area contributed by atoms with Crippen LogP contribution in [0.1, 0.15) is 27.7 Å². The van der Waals surface area contributed by atoms with Crippen molar-refractivity contribution in [2.45, 2.75) is 39.9 Å². The minimum atomic E-state index is -3.25. The van der Waals surface area contributed by atoms with E-state index in [1.807, 2.05) is 58.8 Å². The van der Waals surface area contributed by atoms with E-state index in [4.69, 9.17) is 9.05 Å². The van der Waals surface area contributed by atoms with E-state index in [1.54, 1.807) is 12.1 Å². The number of rotatable bonds is 6. The number of hydrogen-bond acceptors (Lipinski definition) is 4. The van der Waals surface area contributed by atoms with Crippen molar-refractivity contribution < 1.29 is 13.6 Å². The van der Waals surface area contributed by atoms with Crippen molar-refractivity contribution in [2.75, 3.05) is 19.0 Å². The zero-order valence-corrected chi connectivity index (χ0v) is 13.5. The maximum absolute atomic E-state index is 12.9. The van der Waals surface area contributed by atoms with Gasteiger partial charge in [0, 0.05) is 19.8 Å². The molecule has 4 nitrogen and oxygen atoms in total. The molecule has 108 valence electrons. The Hall–Kier alpha value is -0.830. The number of anilines is 1. The van der Waals surface area contributed by atoms with E-state index < -0.39 is 7.60 Å². The van der Waals surface area contributed by atoms with Crippen LogP contribution in [-0.2, 0) is 13.6 Å². The molecule has 19 heavy (non-hydrogen) atoms. The number of nitrogens with zero attached hydrogens (tertiary/aromatic N) is 1. The minimum absolute atomic E-state index is 0.155. The van der Waals surface area contributed by atoms with Crippen molar-refractivity contribution in [1.82, 2.24) is 0 Å². The normalized spacial score (nSPS) is 12.2. The fourth-order valence-electron chi connectivity index (χ4n) is 1.63. The number of hydrogen-bond donors (Lipinski definition) is 0. The summed E-state index contributed by atoms with van der Waals surface area (Å²) in [6.45, 7) is 7.41. The second kappa shape index (κ2) is 6.56. The molecule has 0 aliphatic rings. The number of benzene rings is 1. The predicted molar refractivity (Wildman–Crippen MR) is 80.5 cm³/mol. The Morgan fingerprint density at radius 3 is 1.68 bits per heavy atom. The third-order valence-electron chi connectivity index (χ3n) is 2.38. The minimum Gasteiger partial charge on any atom is -0.378 e. The monoisotopic (exact) mass is 285 g/mol. The van der Waals surface area contributed by atoms with Crippen LogP contribution < -0.4 is 10.2 Å². The van der Waals surface area contributed by atoms with Crippen molar-refractivity contribution in [3.05, 3.63) is 24.3 Å². The van der Waals surface area contributed by atoms with Crippen molar-refractivity contribution in [3.63, 3.8) is 0 Å². The highest BCUT2D eigenvalue weighted by atomic mass is 31.2. The molecule has 1 rings (SSSR count). The van der Waals surface area contributed by atoms with Gasteiger partial charge >= 0.3 is 7.60 Å². The molecule has 0 radical (unpaired) electrons. The Bertz CT molecular complexity index is 427. The van der Waals surface area contributed by atoms with Crippen LogP contribution in [0.25, 0.3) is 0 Å². The molecule has 0 aliphatic heterocycles. The first-order valence-corrected chi connectivity index (χ1v) is 8.03. The highest BCUT2D eigenvalue weighted by Crippen LogP contribution is 2.49. The van der Waals surface area contributed by atoms with E-state index in [-0.39, 0.29) is 12.2 Å². The van der Waals surface area contributed by atoms with Crippen molar-refractivity contribution >= 4 is 18.6 Å². The van der Waals surface area contributed by atoms with Gasteiger partial charge in [-0.2, -0.15) is 0 Å². The highest BCUT2D eigenvalue weighted by Gasteiger charge is 2.30. The van der Waals surface area contributed by atoms with Gasteiger partial charge in [0.15, 0.2) is 0 Å². The third kappa shape index (κ3) is 4.64. The Kier molecular flexibility index (Phi) is 5.60. The molecule has 0 aliphatic carbocycles. The Balaban J connectivity index is 3.07. The molecular formula is C14H24NO3P. The van der Waals surface area contributed by atoms with Crippen LogP contribution in [0.15, 0.2) is 24.3 Å². The Labute approximate surface area is 116 Å². The third-order valence-corrected chi connectivity index (χ3v) is 4.71. The summed E-state index contributed by atoms with van der Waals surface area (Å²) in [5, 5.41) is 0.598. The van der Waals surface area contributed by atoms with E-state index in [2.05, 4.69) is 0 Å². The average molecular weight is 285 g/mol. The Morgan fingerprint density at radius 1 is 0.947 bits per heavy atom. The molecule has 0 N–H and O–H groups in total. The van der Waals surface area contributed by atoms with Crippen LogP contribution in [-0.4, -0.2) is 26.3 Å². The van der Waals surface area contributed by atoms with Crippen LogP contribution in [0.5, 0.6) is 0 Å². The highest BCUT2D eigenvalue weighted by molar-refractivity contribution is 7.62. The van der Waals surface area contributed by atoms with Crippen LogP contribution in [0.4, 0.5) is 5.69 Å². The predicted octanol–water partition coefficient (Wildman–Crippen LogP) is 3.42. The van der Waals surface area contributed by atoms with Crippen LogP contribution in [0.2, 0.25) is 0 Å². The molecule has 1 aromatic rings. The SMILES string of the molecule is CC(C)OP(=O)(OC(C)C)c1ccc(N(C)C)cc1. The van der Waals surface area contributed by atoms with Gasteiger partial charge in [0.2, 0.25) is 0 Å². The molecule has 0 fully saturated rings. The van der Waals surface area contributed by atoms with Gasteiger partial charge in [-0.1, -0.05) is 0 Å². The van der Waals surface area contributed by atoms with Gasteiger partial charge in [0.1, 0.15) is 0 Å². The van der Waals surface area contributed by atoms with Gasteiger partial charge in [0.05, 0.1) is 17.5 Å². The van der Waals surface area contributed by atoms with Gasteiger partial charge in [-0.15, -0.1) is 0 Å². The van der Waals surface area contributed by atoms with E-state index in [0.717, 1.165) is 5.69 Å². The quantitative estimate of drug-likeness (QED) is 0.751. The van der Waals surface area contributed by atoms with Crippen LogP contribution in [0.3, 0.4) is 0 Å². The molecule has 0 heterocycles. The van der Waals surface area contributed by atoms with E-state index in [1.165, 1.54) is 0 Å². The summed E-state index contributed by atoms with van der Waals surface area (Å²) in [7, 11) is 0.672. The average Bonchev–Trinajstić information content (AvgIpc) is 2.26. The summed E-state index contributed by atoms with van der Waals surface area (Å²) in [5.74, 6) is 0. The molecule has 0 unspecified atom stereocenters. The first kappa shape index (κ1) is 16.2. The molecule has 0 aromatic heterocycles. The summed E-state index contributed by atoms with van der Waals surface area (Å²) in [4.78, 5) is 1.99. The molecule has 0 saturated carbocycles. The molecule has 0 atom stereocenters. The smallest absolute Gasteiger partial charge is 0.361 e. The summed E-state index contributed by atoms with van der Waals surface area (Å²) < 4.78 is 24.0. The lowest BCUT2D eigenvalue weighted by atomic mass is 10.3. The second-order valence-corrected chi connectivity index (χ2v) is 7.15. The first-order valence-electron chi connectivity index (χ1n) is 6.49. The van der Waals surface area contributed by atoms with E-state index in [0.29, 0.717) is 5.30 Å². The molecule has 1 aromatic carbocycles. The van der Waals surface area contributed by atoms with Gasteiger partial charge in [0.25, 0.3) is 0 Å². The van der Waals surface area contributed by atoms with Gasteiger partial charge < -0.3 is 13.9 Å². The zero-order valence-electron chi connectivity index (χ0n) is 12.6. The fourth-order valence-corrected chi connectivity index (χ4v) is 3.55. The first-order chi connectivity index (χ1) is 8.74. The maximum atomic E-state index is 12.9. The second-order valence-electron chi connectivity index (χ2n) is 5.22. The standard InChI is InChI=1S/C14H24NO3P/c1-11(2)17-19(16,18-12(3)4)14-9-7-13(8-10-14)15(5)6/h7-12H,1-6H3. The lowest BCUT2D eigenvalue weighted by molar-refractivity contribution is 0.150. The Morgan fingerprint density at radius 2 is 1.37 bits per heavy atom. The van der Waals surface area contributed by atoms with Gasteiger partial charge in [-0.05, 0) is 52.0 Å². The molecule has 0 bridgehead atoms. The fraction of sp³-hybridized carbons (Fsp3) is 0.571. The van der Waals surface area contributed by atoms with E-state index >= 15 is 0 Å². The van der Waals surface area contributed by atoms with Crippen LogP contribution in [0, 0.1) is 0 Å².